The van der Waals surface area contributed by atoms with Crippen molar-refractivity contribution in [3.63, 3.8) is 0 Å². The van der Waals surface area contributed by atoms with Crippen LogP contribution in [-0.2, 0) is 6.54 Å². The van der Waals surface area contributed by atoms with Crippen LogP contribution in [0.1, 0.15) is 37.4 Å². The maximum absolute atomic E-state index is 5.77. The van der Waals surface area contributed by atoms with Crippen LogP contribution in [0.5, 0.6) is 11.5 Å². The zero-order valence-electron chi connectivity index (χ0n) is 13.9. The number of methoxy groups -OCH3 is 1. The molecule has 0 spiro atoms. The average Bonchev–Trinajstić information content (AvgIpc) is 2.59. The normalized spacial score (nSPS) is 12.0. The molecule has 0 heterocycles. The molecule has 4 heteroatoms. The van der Waals surface area contributed by atoms with E-state index in [0.29, 0.717) is 6.61 Å². The molecule has 0 aliphatic heterocycles. The zero-order valence-corrected chi connectivity index (χ0v) is 15.5. The van der Waals surface area contributed by atoms with Crippen LogP contribution in [0, 0.1) is 0 Å². The van der Waals surface area contributed by atoms with Crippen LogP contribution in [0.3, 0.4) is 0 Å². The summed E-state index contributed by atoms with van der Waals surface area (Å²) in [6.45, 7) is 5.70. The summed E-state index contributed by atoms with van der Waals surface area (Å²) in [6, 6.07) is 14.8. The number of nitrogens with one attached hydrogen (secondary N) is 1. The van der Waals surface area contributed by atoms with E-state index in [9.17, 15) is 0 Å². The van der Waals surface area contributed by atoms with Gasteiger partial charge in [0.25, 0.3) is 0 Å². The Kier molecular flexibility index (Phi) is 6.93. The standard InChI is InChI=1S/C19H24BrNO2/c1-4-10-23-19-17(20)11-15(12-18(19)22-3)13-21-14(2)16-8-6-5-7-9-16/h5-9,11-12,14,21H,4,10,13H2,1-3H3/t14-/m0/s1. The van der Waals surface area contributed by atoms with E-state index < -0.39 is 0 Å². The monoisotopic (exact) mass is 377 g/mol. The van der Waals surface area contributed by atoms with Crippen LogP contribution in [0.4, 0.5) is 0 Å². The van der Waals surface area contributed by atoms with E-state index in [-0.39, 0.29) is 6.04 Å². The Morgan fingerprint density at radius 3 is 2.57 bits per heavy atom. The van der Waals surface area contributed by atoms with Gasteiger partial charge in [-0.15, -0.1) is 0 Å². The van der Waals surface area contributed by atoms with E-state index >= 15 is 0 Å². The van der Waals surface area contributed by atoms with Gasteiger partial charge in [-0.25, -0.2) is 0 Å². The van der Waals surface area contributed by atoms with E-state index in [4.69, 9.17) is 9.47 Å². The molecule has 23 heavy (non-hydrogen) atoms. The van der Waals surface area contributed by atoms with Crippen LogP contribution < -0.4 is 14.8 Å². The molecule has 0 fully saturated rings. The third-order valence-corrected chi connectivity index (χ3v) is 4.24. The molecule has 0 amide bonds. The highest BCUT2D eigenvalue weighted by Crippen LogP contribution is 2.36. The molecule has 0 aromatic heterocycles. The van der Waals surface area contributed by atoms with E-state index in [2.05, 4.69) is 65.4 Å². The predicted molar refractivity (Wildman–Crippen MR) is 98.2 cm³/mol. The number of halogens is 1. The van der Waals surface area contributed by atoms with Crippen LogP contribution in [-0.4, -0.2) is 13.7 Å². The first-order valence-electron chi connectivity index (χ1n) is 7.93. The van der Waals surface area contributed by atoms with Gasteiger partial charge in [-0.1, -0.05) is 37.3 Å². The Labute approximate surface area is 147 Å². The quantitative estimate of drug-likeness (QED) is 0.694. The topological polar surface area (TPSA) is 30.5 Å². The predicted octanol–water partition coefficient (Wildman–Crippen LogP) is 5.10. The number of hydrogen-bond acceptors (Lipinski definition) is 3. The van der Waals surface area contributed by atoms with Gasteiger partial charge in [0.1, 0.15) is 0 Å². The highest BCUT2D eigenvalue weighted by Gasteiger charge is 2.12. The summed E-state index contributed by atoms with van der Waals surface area (Å²) in [5.74, 6) is 1.53. The highest BCUT2D eigenvalue weighted by atomic mass is 79.9. The first-order chi connectivity index (χ1) is 11.2. The van der Waals surface area contributed by atoms with E-state index in [1.165, 1.54) is 5.56 Å². The average molecular weight is 378 g/mol. The Bertz CT molecular complexity index is 616. The van der Waals surface area contributed by atoms with Crippen molar-refractivity contribution in [2.75, 3.05) is 13.7 Å². The van der Waals surface area contributed by atoms with Gasteiger partial charge >= 0.3 is 0 Å². The Morgan fingerprint density at radius 2 is 1.91 bits per heavy atom. The summed E-state index contributed by atoms with van der Waals surface area (Å²) in [6.07, 6.45) is 0.966. The minimum Gasteiger partial charge on any atom is -0.493 e. The van der Waals surface area contributed by atoms with Crippen molar-refractivity contribution in [2.45, 2.75) is 32.9 Å². The number of benzene rings is 2. The Balaban J connectivity index is 2.07. The maximum atomic E-state index is 5.77. The van der Waals surface area contributed by atoms with Gasteiger partial charge in [0.15, 0.2) is 11.5 Å². The Hall–Kier alpha value is -1.52. The summed E-state index contributed by atoms with van der Waals surface area (Å²) in [5, 5.41) is 3.54. The van der Waals surface area contributed by atoms with Crippen LogP contribution in [0.25, 0.3) is 0 Å². The molecular weight excluding hydrogens is 354 g/mol. The molecule has 0 saturated heterocycles. The molecular formula is C19H24BrNO2. The van der Waals surface area contributed by atoms with Crippen LogP contribution >= 0.6 is 15.9 Å². The highest BCUT2D eigenvalue weighted by molar-refractivity contribution is 9.10. The zero-order chi connectivity index (χ0) is 16.7. The number of ether oxygens (including phenoxy) is 2. The fraction of sp³-hybridized carbons (Fsp3) is 0.368. The largest absolute Gasteiger partial charge is 0.493 e. The molecule has 0 saturated carbocycles. The lowest BCUT2D eigenvalue weighted by Gasteiger charge is -2.17. The molecule has 0 radical (unpaired) electrons. The lowest BCUT2D eigenvalue weighted by molar-refractivity contribution is 0.292. The van der Waals surface area contributed by atoms with Crippen molar-refractivity contribution in [1.82, 2.24) is 5.32 Å². The molecule has 1 atom stereocenters. The molecule has 2 rings (SSSR count). The van der Waals surface area contributed by atoms with Gasteiger partial charge in [0.05, 0.1) is 18.2 Å². The van der Waals surface area contributed by atoms with Gasteiger partial charge in [-0.2, -0.15) is 0 Å². The van der Waals surface area contributed by atoms with Crippen molar-refractivity contribution in [1.29, 1.82) is 0 Å². The second-order valence-electron chi connectivity index (χ2n) is 5.47. The van der Waals surface area contributed by atoms with Gasteiger partial charge in [-0.05, 0) is 52.5 Å². The molecule has 2 aromatic rings. The fourth-order valence-corrected chi connectivity index (χ4v) is 2.95. The molecule has 2 aromatic carbocycles. The van der Waals surface area contributed by atoms with Gasteiger partial charge < -0.3 is 14.8 Å². The second-order valence-corrected chi connectivity index (χ2v) is 6.33. The molecule has 0 aliphatic carbocycles. The molecule has 0 unspecified atom stereocenters. The molecule has 124 valence electrons. The maximum Gasteiger partial charge on any atom is 0.175 e. The van der Waals surface area contributed by atoms with E-state index in [1.807, 2.05) is 12.1 Å². The SMILES string of the molecule is CCCOc1c(Br)cc(CN[C@@H](C)c2ccccc2)cc1OC. The van der Waals surface area contributed by atoms with Crippen molar-refractivity contribution >= 4 is 15.9 Å². The minimum atomic E-state index is 0.289. The molecule has 1 N–H and O–H groups in total. The minimum absolute atomic E-state index is 0.289. The lowest BCUT2D eigenvalue weighted by Crippen LogP contribution is -2.18. The van der Waals surface area contributed by atoms with E-state index in [1.54, 1.807) is 7.11 Å². The van der Waals surface area contributed by atoms with Crippen LogP contribution in [0.2, 0.25) is 0 Å². The van der Waals surface area contributed by atoms with Crippen molar-refractivity contribution in [3.05, 3.63) is 58.1 Å². The summed E-state index contributed by atoms with van der Waals surface area (Å²) in [5.41, 5.74) is 2.43. The number of rotatable bonds is 8. The molecule has 0 aliphatic rings. The van der Waals surface area contributed by atoms with Gasteiger partial charge in [0, 0.05) is 12.6 Å². The smallest absolute Gasteiger partial charge is 0.175 e. The number of hydrogen-bond donors (Lipinski definition) is 1. The first-order valence-corrected chi connectivity index (χ1v) is 8.72. The van der Waals surface area contributed by atoms with E-state index in [0.717, 1.165) is 34.5 Å². The molecule has 0 bridgehead atoms. The lowest BCUT2D eigenvalue weighted by atomic mass is 10.1. The van der Waals surface area contributed by atoms with Crippen molar-refractivity contribution in [2.24, 2.45) is 0 Å². The van der Waals surface area contributed by atoms with Gasteiger partial charge in [-0.3, -0.25) is 0 Å². The fourth-order valence-electron chi connectivity index (χ4n) is 2.35. The third-order valence-electron chi connectivity index (χ3n) is 3.65. The molecule has 3 nitrogen and oxygen atoms in total. The first kappa shape index (κ1) is 17.8. The Morgan fingerprint density at radius 1 is 1.17 bits per heavy atom. The summed E-state index contributed by atoms with van der Waals surface area (Å²) in [4.78, 5) is 0. The van der Waals surface area contributed by atoms with Gasteiger partial charge in [0.2, 0.25) is 0 Å². The summed E-state index contributed by atoms with van der Waals surface area (Å²) >= 11 is 3.59. The summed E-state index contributed by atoms with van der Waals surface area (Å²) < 4.78 is 12.2. The van der Waals surface area contributed by atoms with Crippen molar-refractivity contribution < 1.29 is 9.47 Å². The van der Waals surface area contributed by atoms with Crippen molar-refractivity contribution in [3.8, 4) is 11.5 Å². The van der Waals surface area contributed by atoms with Crippen LogP contribution in [0.15, 0.2) is 46.9 Å². The second kappa shape index (κ2) is 8.94. The summed E-state index contributed by atoms with van der Waals surface area (Å²) in [7, 11) is 1.67. The third kappa shape index (κ3) is 4.98.